The lowest BCUT2D eigenvalue weighted by atomic mass is 9.86. The van der Waals surface area contributed by atoms with Gasteiger partial charge in [-0.25, -0.2) is 4.68 Å². The summed E-state index contributed by atoms with van der Waals surface area (Å²) >= 11 is 1.69. The van der Waals surface area contributed by atoms with Gasteiger partial charge >= 0.3 is 0 Å². The highest BCUT2D eigenvalue weighted by atomic mass is 32.1. The molecule has 2 heterocycles. The van der Waals surface area contributed by atoms with E-state index in [9.17, 15) is 9.59 Å². The number of carbonyl (C=O) groups is 1. The predicted octanol–water partition coefficient (Wildman–Crippen LogP) is 2.39. The van der Waals surface area contributed by atoms with Crippen LogP contribution in [-0.4, -0.2) is 27.1 Å². The second-order valence-electron chi connectivity index (χ2n) is 6.36. The molecule has 1 unspecified atom stereocenters. The molecule has 0 aliphatic heterocycles. The minimum atomic E-state index is -0.106. The van der Waals surface area contributed by atoms with Crippen molar-refractivity contribution in [1.82, 2.24) is 14.7 Å². The van der Waals surface area contributed by atoms with Gasteiger partial charge in [0.25, 0.3) is 5.56 Å². The molecule has 2 aromatic rings. The van der Waals surface area contributed by atoms with Gasteiger partial charge in [-0.2, -0.15) is 5.10 Å². The van der Waals surface area contributed by atoms with E-state index in [1.54, 1.807) is 24.5 Å². The van der Waals surface area contributed by atoms with Crippen molar-refractivity contribution in [1.29, 1.82) is 0 Å². The number of rotatable bonds is 5. The average Bonchev–Trinajstić information content (AvgIpc) is 3.07. The molecule has 3 rings (SSSR count). The summed E-state index contributed by atoms with van der Waals surface area (Å²) in [6.45, 7) is 3.55. The molecule has 1 atom stereocenters. The van der Waals surface area contributed by atoms with Crippen LogP contribution in [0.5, 0.6) is 0 Å². The summed E-state index contributed by atoms with van der Waals surface area (Å²) in [5, 5.41) is 6.37. The summed E-state index contributed by atoms with van der Waals surface area (Å²) in [6.07, 6.45) is 3.14. The van der Waals surface area contributed by atoms with E-state index in [4.69, 9.17) is 0 Å². The van der Waals surface area contributed by atoms with Gasteiger partial charge in [0.15, 0.2) is 0 Å². The third kappa shape index (κ3) is 3.59. The Morgan fingerprint density at radius 3 is 3.04 bits per heavy atom. The zero-order valence-corrected chi connectivity index (χ0v) is 15.0. The van der Waals surface area contributed by atoms with Crippen molar-refractivity contribution < 1.29 is 4.79 Å². The van der Waals surface area contributed by atoms with Gasteiger partial charge in [0.05, 0.1) is 12.2 Å². The first-order valence-corrected chi connectivity index (χ1v) is 9.33. The van der Waals surface area contributed by atoms with Crippen molar-refractivity contribution in [2.75, 3.05) is 6.54 Å². The molecule has 24 heavy (non-hydrogen) atoms. The van der Waals surface area contributed by atoms with Crippen LogP contribution in [0.1, 0.15) is 35.9 Å². The topological polar surface area (TPSA) is 55.2 Å². The van der Waals surface area contributed by atoms with Gasteiger partial charge in [0.2, 0.25) is 5.91 Å². The van der Waals surface area contributed by atoms with E-state index < -0.39 is 0 Å². The quantitative estimate of drug-likeness (QED) is 0.836. The van der Waals surface area contributed by atoms with Crippen LogP contribution in [-0.2, 0) is 31.2 Å². The summed E-state index contributed by atoms with van der Waals surface area (Å²) in [5.41, 5.74) is 1.79. The van der Waals surface area contributed by atoms with Gasteiger partial charge in [-0.15, -0.1) is 11.3 Å². The Kier molecular flexibility index (Phi) is 5.14. The van der Waals surface area contributed by atoms with Crippen LogP contribution in [0, 0.1) is 5.92 Å². The number of hydrogen-bond acceptors (Lipinski definition) is 4. The van der Waals surface area contributed by atoms with Gasteiger partial charge in [-0.05, 0) is 42.7 Å². The van der Waals surface area contributed by atoms with E-state index in [-0.39, 0.29) is 17.4 Å². The van der Waals surface area contributed by atoms with E-state index in [1.807, 2.05) is 16.3 Å². The average molecular weight is 345 g/mol. The molecular weight excluding hydrogens is 322 g/mol. The molecule has 0 fully saturated rings. The third-order valence-corrected chi connectivity index (χ3v) is 5.40. The number of thiophene rings is 1. The van der Waals surface area contributed by atoms with Crippen LogP contribution in [0.3, 0.4) is 0 Å². The lowest BCUT2D eigenvalue weighted by Gasteiger charge is -2.29. The second-order valence-corrected chi connectivity index (χ2v) is 7.39. The van der Waals surface area contributed by atoms with Crippen LogP contribution < -0.4 is 5.56 Å². The van der Waals surface area contributed by atoms with Crippen molar-refractivity contribution in [2.45, 2.75) is 39.2 Å². The normalized spacial score (nSPS) is 16.7. The predicted molar refractivity (Wildman–Crippen MR) is 95.0 cm³/mol. The molecule has 0 saturated heterocycles. The Balaban J connectivity index is 1.75. The molecule has 6 heteroatoms. The first-order chi connectivity index (χ1) is 11.6. The Hall–Kier alpha value is -1.95. The van der Waals surface area contributed by atoms with Crippen LogP contribution in [0.15, 0.2) is 28.4 Å². The van der Waals surface area contributed by atoms with Crippen molar-refractivity contribution in [2.24, 2.45) is 13.0 Å². The molecule has 1 aliphatic rings. The summed E-state index contributed by atoms with van der Waals surface area (Å²) in [6, 6.07) is 5.74. The standard InChI is InChI=1S/C18H23N3O2S/c1-3-8-21(12-15-5-4-9-24-15)18(23)13-6-7-16-14(10-13)11-17(22)20(2)19-16/h4-5,9,11,13H,3,6-8,10,12H2,1-2H3. The summed E-state index contributed by atoms with van der Waals surface area (Å²) < 4.78 is 1.38. The summed E-state index contributed by atoms with van der Waals surface area (Å²) in [7, 11) is 1.67. The number of hydrogen-bond donors (Lipinski definition) is 0. The summed E-state index contributed by atoms with van der Waals surface area (Å²) in [4.78, 5) is 28.0. The molecule has 0 spiro atoms. The van der Waals surface area contributed by atoms with Crippen LogP contribution in [0.2, 0.25) is 0 Å². The third-order valence-electron chi connectivity index (χ3n) is 4.54. The highest BCUT2D eigenvalue weighted by molar-refractivity contribution is 7.09. The van der Waals surface area contributed by atoms with Gasteiger partial charge < -0.3 is 4.90 Å². The number of carbonyl (C=O) groups excluding carboxylic acids is 1. The van der Waals surface area contributed by atoms with Crippen LogP contribution >= 0.6 is 11.3 Å². The summed E-state index contributed by atoms with van der Waals surface area (Å²) in [5.74, 6) is 0.162. The van der Waals surface area contributed by atoms with Crippen molar-refractivity contribution >= 4 is 17.2 Å². The van der Waals surface area contributed by atoms with Gasteiger partial charge in [0, 0.05) is 30.5 Å². The maximum absolute atomic E-state index is 13.0. The first-order valence-electron chi connectivity index (χ1n) is 8.45. The van der Waals surface area contributed by atoms with Gasteiger partial charge in [0.1, 0.15) is 0 Å². The van der Waals surface area contributed by atoms with Crippen molar-refractivity contribution in [3.05, 3.63) is 50.1 Å². The lowest BCUT2D eigenvalue weighted by molar-refractivity contribution is -0.136. The molecule has 0 bridgehead atoms. The number of aryl methyl sites for hydroxylation is 2. The van der Waals surface area contributed by atoms with Crippen LogP contribution in [0.4, 0.5) is 0 Å². The molecule has 0 saturated carbocycles. The van der Waals surface area contributed by atoms with Crippen molar-refractivity contribution in [3.63, 3.8) is 0 Å². The fourth-order valence-electron chi connectivity index (χ4n) is 3.28. The largest absolute Gasteiger partial charge is 0.337 e. The highest BCUT2D eigenvalue weighted by Crippen LogP contribution is 2.26. The maximum atomic E-state index is 13.0. The zero-order valence-electron chi connectivity index (χ0n) is 14.2. The SMILES string of the molecule is CCCN(Cc1cccs1)C(=O)C1CCc2nn(C)c(=O)cc2C1. The van der Waals surface area contributed by atoms with Gasteiger partial charge in [-0.3, -0.25) is 9.59 Å². The number of aromatic nitrogens is 2. The molecule has 0 N–H and O–H groups in total. The highest BCUT2D eigenvalue weighted by Gasteiger charge is 2.29. The fraction of sp³-hybridized carbons (Fsp3) is 0.500. The van der Waals surface area contributed by atoms with E-state index in [2.05, 4.69) is 18.1 Å². The molecule has 2 aromatic heterocycles. The Morgan fingerprint density at radius 2 is 2.33 bits per heavy atom. The van der Waals surface area contributed by atoms with Crippen molar-refractivity contribution in [3.8, 4) is 0 Å². The number of nitrogens with zero attached hydrogens (tertiary/aromatic N) is 3. The maximum Gasteiger partial charge on any atom is 0.266 e. The number of amides is 1. The zero-order chi connectivity index (χ0) is 17.1. The fourth-order valence-corrected chi connectivity index (χ4v) is 4.00. The molecule has 0 radical (unpaired) electrons. The van der Waals surface area contributed by atoms with E-state index in [0.29, 0.717) is 13.0 Å². The molecule has 0 aromatic carbocycles. The number of fused-ring (bicyclic) bond motifs is 1. The molecule has 1 aliphatic carbocycles. The van der Waals surface area contributed by atoms with Crippen LogP contribution in [0.25, 0.3) is 0 Å². The second kappa shape index (κ2) is 7.30. The molecule has 1 amide bonds. The monoisotopic (exact) mass is 345 g/mol. The molecule has 128 valence electrons. The first kappa shape index (κ1) is 16.9. The van der Waals surface area contributed by atoms with E-state index >= 15 is 0 Å². The van der Waals surface area contributed by atoms with Gasteiger partial charge in [-0.1, -0.05) is 13.0 Å². The lowest BCUT2D eigenvalue weighted by Crippen LogP contribution is -2.39. The Labute approximate surface area is 145 Å². The molecular formula is C18H23N3O2S. The van der Waals surface area contributed by atoms with E-state index in [1.165, 1.54) is 9.56 Å². The smallest absolute Gasteiger partial charge is 0.266 e. The van der Waals surface area contributed by atoms with E-state index in [0.717, 1.165) is 37.1 Å². The Morgan fingerprint density at radius 1 is 1.50 bits per heavy atom. The minimum Gasteiger partial charge on any atom is -0.337 e. The Bertz CT molecular complexity index is 767. The minimum absolute atomic E-state index is 0.0436. The molecule has 5 nitrogen and oxygen atoms in total.